The number of thioether (sulfide) groups is 1. The number of aryl methyl sites for hydroxylation is 2. The molecule has 0 aliphatic carbocycles. The topological polar surface area (TPSA) is 12.0 Å². The molecule has 0 bridgehead atoms. The van der Waals surface area contributed by atoms with Crippen molar-refractivity contribution < 1.29 is 0 Å². The highest BCUT2D eigenvalue weighted by Crippen LogP contribution is 2.29. The van der Waals surface area contributed by atoms with E-state index in [1.807, 2.05) is 0 Å². The predicted octanol–water partition coefficient (Wildman–Crippen LogP) is 3.19. The lowest BCUT2D eigenvalue weighted by Gasteiger charge is -2.21. The summed E-state index contributed by atoms with van der Waals surface area (Å²) in [4.78, 5) is 0. The van der Waals surface area contributed by atoms with Crippen molar-refractivity contribution in [2.45, 2.75) is 33.2 Å². The largest absolute Gasteiger partial charge is 0.313 e. The third kappa shape index (κ3) is 3.05. The Hall–Kier alpha value is -0.470. The van der Waals surface area contributed by atoms with Crippen LogP contribution in [0.2, 0.25) is 0 Å². The van der Waals surface area contributed by atoms with E-state index >= 15 is 0 Å². The first kappa shape index (κ1) is 13.0. The number of rotatable bonds is 4. The van der Waals surface area contributed by atoms with Gasteiger partial charge in [-0.2, -0.15) is 11.8 Å². The Bertz CT molecular complexity index is 355. The Balaban J connectivity index is 2.09. The molecular weight excluding hydrogens is 226 g/mol. The summed E-state index contributed by atoms with van der Waals surface area (Å²) in [7, 11) is 0. The van der Waals surface area contributed by atoms with Gasteiger partial charge in [-0.15, -0.1) is 0 Å². The first-order valence-corrected chi connectivity index (χ1v) is 7.74. The molecule has 1 aliphatic heterocycles. The minimum absolute atomic E-state index is 0.712. The van der Waals surface area contributed by atoms with Gasteiger partial charge >= 0.3 is 0 Å². The molecule has 2 unspecified atom stereocenters. The van der Waals surface area contributed by atoms with Gasteiger partial charge in [0.05, 0.1) is 0 Å². The lowest BCUT2D eigenvalue weighted by Crippen LogP contribution is -2.36. The van der Waals surface area contributed by atoms with E-state index < -0.39 is 0 Å². The molecule has 17 heavy (non-hydrogen) atoms. The van der Waals surface area contributed by atoms with Crippen molar-refractivity contribution in [1.29, 1.82) is 0 Å². The van der Waals surface area contributed by atoms with Gasteiger partial charge in [0.15, 0.2) is 0 Å². The Labute approximate surface area is 109 Å². The number of benzene rings is 1. The molecule has 0 amide bonds. The Morgan fingerprint density at radius 3 is 2.59 bits per heavy atom. The van der Waals surface area contributed by atoms with Crippen molar-refractivity contribution in [2.75, 3.05) is 18.1 Å². The highest BCUT2D eigenvalue weighted by Gasteiger charge is 2.27. The van der Waals surface area contributed by atoms with E-state index in [0.717, 1.165) is 12.5 Å². The molecule has 94 valence electrons. The normalized spacial score (nSPS) is 24.2. The van der Waals surface area contributed by atoms with E-state index in [1.165, 1.54) is 29.1 Å². The van der Waals surface area contributed by atoms with E-state index in [-0.39, 0.29) is 0 Å². The molecule has 1 N–H and O–H groups in total. The summed E-state index contributed by atoms with van der Waals surface area (Å²) in [5.74, 6) is 3.40. The average molecular weight is 249 g/mol. The molecule has 0 saturated carbocycles. The molecule has 1 aromatic carbocycles. The third-order valence-corrected chi connectivity index (χ3v) is 5.03. The van der Waals surface area contributed by atoms with Crippen LogP contribution in [0.4, 0.5) is 0 Å². The van der Waals surface area contributed by atoms with Gasteiger partial charge in [-0.05, 0) is 55.2 Å². The molecule has 1 aromatic rings. The lowest BCUT2D eigenvalue weighted by atomic mass is 9.90. The Kier molecular flexibility index (Phi) is 4.52. The zero-order valence-electron chi connectivity index (χ0n) is 11.1. The Morgan fingerprint density at radius 1 is 1.24 bits per heavy atom. The van der Waals surface area contributed by atoms with Gasteiger partial charge in [-0.3, -0.25) is 0 Å². The molecule has 2 rings (SSSR count). The van der Waals surface area contributed by atoms with Crippen molar-refractivity contribution in [3.8, 4) is 0 Å². The van der Waals surface area contributed by atoms with Gasteiger partial charge in [0.25, 0.3) is 0 Å². The van der Waals surface area contributed by atoms with Crippen LogP contribution in [0.3, 0.4) is 0 Å². The van der Waals surface area contributed by atoms with E-state index in [9.17, 15) is 0 Å². The number of hydrogen-bond acceptors (Lipinski definition) is 2. The van der Waals surface area contributed by atoms with Gasteiger partial charge < -0.3 is 5.32 Å². The van der Waals surface area contributed by atoms with E-state index in [0.29, 0.717) is 6.04 Å². The third-order valence-electron chi connectivity index (χ3n) is 3.78. The molecule has 2 heteroatoms. The second kappa shape index (κ2) is 5.92. The maximum Gasteiger partial charge on any atom is 0.0197 e. The lowest BCUT2D eigenvalue weighted by molar-refractivity contribution is 0.433. The first-order chi connectivity index (χ1) is 8.22. The van der Waals surface area contributed by atoms with Crippen molar-refractivity contribution in [2.24, 2.45) is 5.92 Å². The van der Waals surface area contributed by atoms with Crippen LogP contribution >= 0.6 is 11.8 Å². The molecule has 1 nitrogen and oxygen atoms in total. The van der Waals surface area contributed by atoms with Crippen LogP contribution in [0.15, 0.2) is 18.2 Å². The summed E-state index contributed by atoms with van der Waals surface area (Å²) in [6.07, 6.45) is 1.24. The molecule has 0 spiro atoms. The fourth-order valence-electron chi connectivity index (χ4n) is 2.72. The molecule has 1 saturated heterocycles. The van der Waals surface area contributed by atoms with Crippen molar-refractivity contribution in [1.82, 2.24) is 5.32 Å². The summed E-state index contributed by atoms with van der Waals surface area (Å²) < 4.78 is 0. The molecule has 1 aliphatic rings. The van der Waals surface area contributed by atoms with Gasteiger partial charge in [0, 0.05) is 11.8 Å². The summed E-state index contributed by atoms with van der Waals surface area (Å²) >= 11 is 2.10. The monoisotopic (exact) mass is 249 g/mol. The zero-order chi connectivity index (χ0) is 12.3. The summed E-state index contributed by atoms with van der Waals surface area (Å²) in [6.45, 7) is 7.78. The van der Waals surface area contributed by atoms with Gasteiger partial charge in [-0.25, -0.2) is 0 Å². The van der Waals surface area contributed by atoms with Crippen LogP contribution < -0.4 is 5.32 Å². The van der Waals surface area contributed by atoms with Crippen molar-refractivity contribution in [3.05, 3.63) is 34.9 Å². The minimum atomic E-state index is 0.712. The van der Waals surface area contributed by atoms with Crippen molar-refractivity contribution in [3.63, 3.8) is 0 Å². The Morgan fingerprint density at radius 2 is 1.94 bits per heavy atom. The number of nitrogens with one attached hydrogen (secondary N) is 1. The number of hydrogen-bond donors (Lipinski definition) is 1. The van der Waals surface area contributed by atoms with Gasteiger partial charge in [0.1, 0.15) is 0 Å². The van der Waals surface area contributed by atoms with Crippen LogP contribution in [0.25, 0.3) is 0 Å². The summed E-state index contributed by atoms with van der Waals surface area (Å²) in [5.41, 5.74) is 4.48. The van der Waals surface area contributed by atoms with Crippen LogP contribution in [0.5, 0.6) is 0 Å². The fraction of sp³-hybridized carbons (Fsp3) is 0.600. The second-order valence-corrected chi connectivity index (χ2v) is 6.11. The quantitative estimate of drug-likeness (QED) is 0.879. The van der Waals surface area contributed by atoms with Crippen LogP contribution in [0.1, 0.15) is 23.6 Å². The fourth-order valence-corrected chi connectivity index (χ4v) is 4.15. The standard InChI is InChI=1S/C15H23NS/c1-4-16-15-10-17-9-13(15)8-14-11(2)6-5-7-12(14)3/h5-7,13,15-16H,4,8-10H2,1-3H3. The molecule has 1 fully saturated rings. The molecule has 0 aromatic heterocycles. The zero-order valence-corrected chi connectivity index (χ0v) is 11.9. The summed E-state index contributed by atoms with van der Waals surface area (Å²) in [5, 5.41) is 3.63. The van der Waals surface area contributed by atoms with Gasteiger partial charge in [-0.1, -0.05) is 25.1 Å². The second-order valence-electron chi connectivity index (χ2n) is 5.04. The molecule has 0 radical (unpaired) electrons. The van der Waals surface area contributed by atoms with Crippen molar-refractivity contribution >= 4 is 11.8 Å². The highest BCUT2D eigenvalue weighted by atomic mass is 32.2. The van der Waals surface area contributed by atoms with Crippen LogP contribution in [-0.4, -0.2) is 24.1 Å². The maximum absolute atomic E-state index is 3.63. The molecular formula is C15H23NS. The summed E-state index contributed by atoms with van der Waals surface area (Å²) in [6, 6.07) is 7.36. The first-order valence-electron chi connectivity index (χ1n) is 6.58. The highest BCUT2D eigenvalue weighted by molar-refractivity contribution is 7.99. The smallest absolute Gasteiger partial charge is 0.0197 e. The minimum Gasteiger partial charge on any atom is -0.313 e. The van der Waals surface area contributed by atoms with E-state index in [2.05, 4.69) is 56.0 Å². The average Bonchev–Trinajstić information content (AvgIpc) is 2.72. The SMILES string of the molecule is CCNC1CSCC1Cc1c(C)cccc1C. The van der Waals surface area contributed by atoms with Crippen LogP contribution in [-0.2, 0) is 6.42 Å². The van der Waals surface area contributed by atoms with E-state index in [1.54, 1.807) is 5.56 Å². The van der Waals surface area contributed by atoms with E-state index in [4.69, 9.17) is 0 Å². The predicted molar refractivity (Wildman–Crippen MR) is 77.9 cm³/mol. The maximum atomic E-state index is 3.63. The van der Waals surface area contributed by atoms with Crippen LogP contribution in [0, 0.1) is 19.8 Å². The molecule has 1 heterocycles. The molecule has 2 atom stereocenters. The van der Waals surface area contributed by atoms with Gasteiger partial charge in [0.2, 0.25) is 0 Å².